The van der Waals surface area contributed by atoms with Crippen LogP contribution in [0.25, 0.3) is 11.1 Å². The van der Waals surface area contributed by atoms with Gasteiger partial charge in [0.25, 0.3) is 0 Å². The molecule has 2 rings (SSSR count). The Hall–Kier alpha value is -3.60. The SMILES string of the molecule is Cc1c(C#N)c(C)c(-c2c(C)c(C#N)c(C)c(C#N)c2C)c(C)c1C#N. The first kappa shape index (κ1) is 18.7. The standard InChI is InChI=1S/C22H18N4/c1-11-17(7-23)13(3)21(14(4)18(11)8-24)22-15(5)19(9-25)12(2)20(10-26)16(22)6/h1-6H3. The highest BCUT2D eigenvalue weighted by Crippen LogP contribution is 2.40. The second-order valence-corrected chi connectivity index (χ2v) is 6.45. The summed E-state index contributed by atoms with van der Waals surface area (Å²) in [6.07, 6.45) is 0. The van der Waals surface area contributed by atoms with Gasteiger partial charge in [-0.2, -0.15) is 21.0 Å². The van der Waals surface area contributed by atoms with Crippen LogP contribution < -0.4 is 0 Å². The number of benzene rings is 2. The lowest BCUT2D eigenvalue weighted by molar-refractivity contribution is 1.21. The highest BCUT2D eigenvalue weighted by atomic mass is 14.3. The van der Waals surface area contributed by atoms with Gasteiger partial charge >= 0.3 is 0 Å². The Bertz CT molecular complexity index is 950. The molecule has 0 atom stereocenters. The molecule has 0 aromatic heterocycles. The molecule has 26 heavy (non-hydrogen) atoms. The van der Waals surface area contributed by atoms with Gasteiger partial charge in [-0.25, -0.2) is 0 Å². The van der Waals surface area contributed by atoms with E-state index in [9.17, 15) is 21.0 Å². The van der Waals surface area contributed by atoms with Gasteiger partial charge in [0.15, 0.2) is 0 Å². The van der Waals surface area contributed by atoms with E-state index in [4.69, 9.17) is 0 Å². The summed E-state index contributed by atoms with van der Waals surface area (Å²) in [5.74, 6) is 0. The van der Waals surface area contributed by atoms with E-state index < -0.39 is 0 Å². The van der Waals surface area contributed by atoms with Crippen molar-refractivity contribution in [3.8, 4) is 35.4 Å². The summed E-state index contributed by atoms with van der Waals surface area (Å²) in [6, 6.07) is 8.81. The van der Waals surface area contributed by atoms with E-state index in [1.807, 2.05) is 27.7 Å². The summed E-state index contributed by atoms with van der Waals surface area (Å²) in [6.45, 7) is 11.0. The van der Waals surface area contributed by atoms with Crippen LogP contribution in [0.1, 0.15) is 55.6 Å². The Kier molecular flexibility index (Phi) is 4.84. The predicted octanol–water partition coefficient (Wildman–Crippen LogP) is 4.69. The second-order valence-electron chi connectivity index (χ2n) is 6.45. The second kappa shape index (κ2) is 6.72. The molecule has 0 fully saturated rings. The molecule has 126 valence electrons. The lowest BCUT2D eigenvalue weighted by Crippen LogP contribution is -2.06. The Morgan fingerprint density at radius 1 is 0.385 bits per heavy atom. The molecule has 0 radical (unpaired) electrons. The molecule has 2 aromatic rings. The van der Waals surface area contributed by atoms with Crippen molar-refractivity contribution in [2.75, 3.05) is 0 Å². The van der Waals surface area contributed by atoms with E-state index in [1.54, 1.807) is 13.8 Å². The van der Waals surface area contributed by atoms with Crippen LogP contribution in [0.3, 0.4) is 0 Å². The van der Waals surface area contributed by atoms with Crippen LogP contribution >= 0.6 is 0 Å². The highest BCUT2D eigenvalue weighted by molar-refractivity contribution is 5.84. The Balaban J connectivity index is 3.20. The van der Waals surface area contributed by atoms with Crippen molar-refractivity contribution < 1.29 is 0 Å². The zero-order valence-corrected chi connectivity index (χ0v) is 15.8. The van der Waals surface area contributed by atoms with Crippen molar-refractivity contribution in [2.45, 2.75) is 41.5 Å². The normalized spacial score (nSPS) is 9.77. The zero-order chi connectivity index (χ0) is 19.8. The molecule has 0 aliphatic carbocycles. The van der Waals surface area contributed by atoms with Crippen molar-refractivity contribution in [2.24, 2.45) is 0 Å². The summed E-state index contributed by atoms with van der Waals surface area (Å²) in [7, 11) is 0. The zero-order valence-electron chi connectivity index (χ0n) is 15.8. The molecule has 0 saturated carbocycles. The molecule has 0 unspecified atom stereocenters. The third kappa shape index (κ3) is 2.41. The number of rotatable bonds is 1. The van der Waals surface area contributed by atoms with Gasteiger partial charge in [-0.1, -0.05) is 0 Å². The molecule has 0 amide bonds. The molecular weight excluding hydrogens is 320 g/mol. The van der Waals surface area contributed by atoms with Crippen LogP contribution in [0.4, 0.5) is 0 Å². The summed E-state index contributed by atoms with van der Waals surface area (Å²) in [5.41, 5.74) is 7.82. The Labute approximate surface area is 154 Å². The predicted molar refractivity (Wildman–Crippen MR) is 99.2 cm³/mol. The summed E-state index contributed by atoms with van der Waals surface area (Å²) in [4.78, 5) is 0. The van der Waals surface area contributed by atoms with Crippen LogP contribution in [0.2, 0.25) is 0 Å². The number of nitriles is 4. The van der Waals surface area contributed by atoms with Crippen molar-refractivity contribution in [1.29, 1.82) is 21.0 Å². The molecular formula is C22H18N4. The fourth-order valence-corrected chi connectivity index (χ4v) is 3.86. The average Bonchev–Trinajstić information content (AvgIpc) is 2.59. The number of nitrogens with zero attached hydrogens (tertiary/aromatic N) is 4. The number of hydrogen-bond donors (Lipinski definition) is 0. The maximum absolute atomic E-state index is 9.60. The first-order valence-corrected chi connectivity index (χ1v) is 8.14. The lowest BCUT2D eigenvalue weighted by Gasteiger charge is -2.22. The van der Waals surface area contributed by atoms with Crippen LogP contribution in [0, 0.1) is 86.9 Å². The van der Waals surface area contributed by atoms with Gasteiger partial charge in [-0.15, -0.1) is 0 Å². The van der Waals surface area contributed by atoms with Crippen molar-refractivity contribution in [3.63, 3.8) is 0 Å². The summed E-state index contributed by atoms with van der Waals surface area (Å²) < 4.78 is 0. The molecule has 2 aromatic carbocycles. The average molecular weight is 338 g/mol. The van der Waals surface area contributed by atoms with E-state index in [0.717, 1.165) is 33.4 Å². The van der Waals surface area contributed by atoms with Gasteiger partial charge in [0.1, 0.15) is 0 Å². The highest BCUT2D eigenvalue weighted by Gasteiger charge is 2.24. The third-order valence-corrected chi connectivity index (χ3v) is 5.20. The summed E-state index contributed by atoms with van der Waals surface area (Å²) in [5, 5.41) is 38.4. The molecule has 0 saturated heterocycles. The van der Waals surface area contributed by atoms with Crippen LogP contribution in [-0.4, -0.2) is 0 Å². The minimum absolute atomic E-state index is 0.471. The minimum atomic E-state index is 0.471. The van der Waals surface area contributed by atoms with Crippen molar-refractivity contribution in [1.82, 2.24) is 0 Å². The molecule has 4 nitrogen and oxygen atoms in total. The van der Waals surface area contributed by atoms with Gasteiger partial charge < -0.3 is 0 Å². The van der Waals surface area contributed by atoms with Gasteiger partial charge in [0.05, 0.1) is 46.5 Å². The maximum atomic E-state index is 9.60. The number of hydrogen-bond acceptors (Lipinski definition) is 4. The van der Waals surface area contributed by atoms with Gasteiger partial charge in [0.2, 0.25) is 0 Å². The molecule has 0 aliphatic heterocycles. The van der Waals surface area contributed by atoms with E-state index in [1.165, 1.54) is 0 Å². The van der Waals surface area contributed by atoms with Gasteiger partial charge in [0, 0.05) is 0 Å². The minimum Gasteiger partial charge on any atom is -0.192 e. The van der Waals surface area contributed by atoms with Crippen LogP contribution in [-0.2, 0) is 0 Å². The molecule has 4 heteroatoms. The summed E-state index contributed by atoms with van der Waals surface area (Å²) >= 11 is 0. The first-order chi connectivity index (χ1) is 12.3. The quantitative estimate of drug-likeness (QED) is 0.753. The van der Waals surface area contributed by atoms with E-state index >= 15 is 0 Å². The molecule has 0 N–H and O–H groups in total. The fourth-order valence-electron chi connectivity index (χ4n) is 3.86. The smallest absolute Gasteiger partial charge is 0.0997 e. The van der Waals surface area contributed by atoms with Gasteiger partial charge in [-0.3, -0.25) is 0 Å². The lowest BCUT2D eigenvalue weighted by atomic mass is 9.80. The van der Waals surface area contributed by atoms with E-state index in [-0.39, 0.29) is 0 Å². The third-order valence-electron chi connectivity index (χ3n) is 5.20. The fraction of sp³-hybridized carbons (Fsp3) is 0.273. The largest absolute Gasteiger partial charge is 0.192 e. The Morgan fingerprint density at radius 2 is 0.577 bits per heavy atom. The first-order valence-electron chi connectivity index (χ1n) is 8.14. The van der Waals surface area contributed by atoms with Crippen molar-refractivity contribution >= 4 is 0 Å². The van der Waals surface area contributed by atoms with E-state index in [2.05, 4.69) is 24.3 Å². The van der Waals surface area contributed by atoms with Crippen LogP contribution in [0.15, 0.2) is 0 Å². The monoisotopic (exact) mass is 338 g/mol. The van der Waals surface area contributed by atoms with Crippen LogP contribution in [0.5, 0.6) is 0 Å². The maximum Gasteiger partial charge on any atom is 0.0997 e. The van der Waals surface area contributed by atoms with Gasteiger partial charge in [-0.05, 0) is 86.1 Å². The molecule has 0 heterocycles. The molecule has 0 bridgehead atoms. The molecule has 0 spiro atoms. The van der Waals surface area contributed by atoms with E-state index in [0.29, 0.717) is 33.4 Å². The topological polar surface area (TPSA) is 95.2 Å². The molecule has 0 aliphatic rings. The van der Waals surface area contributed by atoms with Crippen molar-refractivity contribution in [3.05, 3.63) is 55.6 Å². The Morgan fingerprint density at radius 3 is 0.731 bits per heavy atom.